The molecule has 1 amide bonds. The zero-order valence-electron chi connectivity index (χ0n) is 12.2. The number of amides is 1. The number of rotatable bonds is 5. The van der Waals surface area contributed by atoms with Crippen molar-refractivity contribution in [2.45, 2.75) is 45.4 Å². The van der Waals surface area contributed by atoms with E-state index in [-0.39, 0.29) is 5.91 Å². The van der Waals surface area contributed by atoms with Crippen molar-refractivity contribution >= 4 is 11.6 Å². The van der Waals surface area contributed by atoms with E-state index in [9.17, 15) is 4.79 Å². The fourth-order valence-corrected chi connectivity index (χ4v) is 2.93. The third-order valence-electron chi connectivity index (χ3n) is 4.21. The lowest BCUT2D eigenvalue weighted by Crippen LogP contribution is -2.26. The van der Waals surface area contributed by atoms with Crippen LogP contribution in [0, 0.1) is 12.8 Å². The zero-order valence-corrected chi connectivity index (χ0v) is 12.2. The molecule has 0 aliphatic heterocycles. The predicted octanol–water partition coefficient (Wildman–Crippen LogP) is 2.98. The van der Waals surface area contributed by atoms with Crippen molar-refractivity contribution in [2.24, 2.45) is 11.8 Å². The summed E-state index contributed by atoms with van der Waals surface area (Å²) < 4.78 is 0. The highest BCUT2D eigenvalue weighted by Crippen LogP contribution is 2.25. The Balaban J connectivity index is 1.80. The number of nitrogens with two attached hydrogens (primary N) is 1. The molecule has 1 aliphatic rings. The van der Waals surface area contributed by atoms with E-state index in [1.54, 1.807) is 6.07 Å². The van der Waals surface area contributed by atoms with E-state index in [2.05, 4.69) is 10.7 Å². The summed E-state index contributed by atoms with van der Waals surface area (Å²) in [5.74, 6) is 6.20. The average molecular weight is 275 g/mol. The van der Waals surface area contributed by atoms with Gasteiger partial charge in [-0.15, -0.1) is 0 Å². The monoisotopic (exact) mass is 275 g/mol. The topological polar surface area (TPSA) is 67.2 Å². The van der Waals surface area contributed by atoms with Gasteiger partial charge >= 0.3 is 0 Å². The second-order valence-corrected chi connectivity index (χ2v) is 5.72. The summed E-state index contributed by atoms with van der Waals surface area (Å²) in [6, 6.07) is 5.51. The summed E-state index contributed by atoms with van der Waals surface area (Å²) in [6.45, 7) is 2.72. The summed E-state index contributed by atoms with van der Waals surface area (Å²) in [5, 5.41) is 3.02. The molecule has 1 aromatic rings. The minimum atomic E-state index is 0.00693. The Labute approximate surface area is 121 Å². The number of hydrogen-bond acceptors (Lipinski definition) is 3. The van der Waals surface area contributed by atoms with Gasteiger partial charge in [-0.2, -0.15) is 0 Å². The lowest BCUT2D eigenvalue weighted by atomic mass is 9.87. The largest absolute Gasteiger partial charge is 0.352 e. The van der Waals surface area contributed by atoms with Crippen LogP contribution < -0.4 is 16.6 Å². The van der Waals surface area contributed by atoms with Crippen LogP contribution >= 0.6 is 0 Å². The van der Waals surface area contributed by atoms with E-state index in [1.165, 1.54) is 32.1 Å². The third-order valence-corrected chi connectivity index (χ3v) is 4.21. The quantitative estimate of drug-likeness (QED) is 0.571. The maximum Gasteiger partial charge on any atom is 0.251 e. The molecule has 0 bridgehead atoms. The predicted molar refractivity (Wildman–Crippen MR) is 82.5 cm³/mol. The van der Waals surface area contributed by atoms with Gasteiger partial charge in [0.1, 0.15) is 0 Å². The lowest BCUT2D eigenvalue weighted by Gasteiger charge is -2.21. The minimum absolute atomic E-state index is 0.00693. The van der Waals surface area contributed by atoms with Crippen LogP contribution in [0.5, 0.6) is 0 Å². The van der Waals surface area contributed by atoms with Crippen molar-refractivity contribution in [3.8, 4) is 0 Å². The highest BCUT2D eigenvalue weighted by atomic mass is 16.1. The number of carbonyl (C=O) groups is 1. The van der Waals surface area contributed by atoms with Crippen LogP contribution in [0.25, 0.3) is 0 Å². The SMILES string of the molecule is Cc1cc(C(=O)NCCC2CCCCC2)ccc1NN. The Morgan fingerprint density at radius 2 is 2.05 bits per heavy atom. The Morgan fingerprint density at radius 3 is 2.70 bits per heavy atom. The van der Waals surface area contributed by atoms with Crippen molar-refractivity contribution in [3.05, 3.63) is 29.3 Å². The number of benzene rings is 1. The highest BCUT2D eigenvalue weighted by molar-refractivity contribution is 5.94. The highest BCUT2D eigenvalue weighted by Gasteiger charge is 2.13. The second kappa shape index (κ2) is 7.29. The summed E-state index contributed by atoms with van der Waals surface area (Å²) in [7, 11) is 0. The molecule has 0 aromatic heterocycles. The standard InChI is InChI=1S/C16H25N3O/c1-12-11-14(7-8-15(12)19-17)16(20)18-10-9-13-5-3-2-4-6-13/h7-8,11,13,19H,2-6,9-10,17H2,1H3,(H,18,20). The summed E-state index contributed by atoms with van der Waals surface area (Å²) in [6.07, 6.45) is 7.84. The molecule has 0 atom stereocenters. The first-order valence-corrected chi connectivity index (χ1v) is 7.56. The van der Waals surface area contributed by atoms with E-state index in [4.69, 9.17) is 5.84 Å². The summed E-state index contributed by atoms with van der Waals surface area (Å²) >= 11 is 0. The molecule has 1 fully saturated rings. The van der Waals surface area contributed by atoms with Crippen LogP contribution in [-0.2, 0) is 0 Å². The van der Waals surface area contributed by atoms with Crippen LogP contribution in [0.3, 0.4) is 0 Å². The van der Waals surface area contributed by atoms with Gasteiger partial charge in [-0.1, -0.05) is 32.1 Å². The zero-order chi connectivity index (χ0) is 14.4. The molecule has 0 spiro atoms. The fraction of sp³-hybridized carbons (Fsp3) is 0.562. The first kappa shape index (κ1) is 14.9. The van der Waals surface area contributed by atoms with Gasteiger partial charge in [-0.05, 0) is 43.0 Å². The number of aryl methyl sites for hydroxylation is 1. The minimum Gasteiger partial charge on any atom is -0.352 e. The maximum absolute atomic E-state index is 12.1. The van der Waals surface area contributed by atoms with Gasteiger partial charge in [0.15, 0.2) is 0 Å². The van der Waals surface area contributed by atoms with Crippen LogP contribution in [0.4, 0.5) is 5.69 Å². The molecule has 20 heavy (non-hydrogen) atoms. The van der Waals surface area contributed by atoms with Crippen molar-refractivity contribution in [1.82, 2.24) is 5.32 Å². The van der Waals surface area contributed by atoms with E-state index < -0.39 is 0 Å². The number of hydrazine groups is 1. The molecule has 4 heteroatoms. The van der Waals surface area contributed by atoms with E-state index in [0.717, 1.165) is 30.1 Å². The molecule has 0 unspecified atom stereocenters. The number of nitrogen functional groups attached to an aromatic ring is 1. The normalized spacial score (nSPS) is 15.9. The number of anilines is 1. The lowest BCUT2D eigenvalue weighted by molar-refractivity contribution is 0.0950. The Kier molecular flexibility index (Phi) is 5.41. The Morgan fingerprint density at radius 1 is 1.30 bits per heavy atom. The number of nitrogens with one attached hydrogen (secondary N) is 2. The van der Waals surface area contributed by atoms with Gasteiger partial charge in [-0.25, -0.2) is 0 Å². The first-order valence-electron chi connectivity index (χ1n) is 7.56. The van der Waals surface area contributed by atoms with Crippen molar-refractivity contribution in [1.29, 1.82) is 0 Å². The third kappa shape index (κ3) is 3.97. The summed E-state index contributed by atoms with van der Waals surface area (Å²) in [5.41, 5.74) is 5.14. The fourth-order valence-electron chi connectivity index (χ4n) is 2.93. The molecule has 0 radical (unpaired) electrons. The van der Waals surface area contributed by atoms with Crippen LogP contribution in [0.2, 0.25) is 0 Å². The van der Waals surface area contributed by atoms with Crippen LogP contribution in [0.1, 0.15) is 54.4 Å². The molecule has 2 rings (SSSR count). The van der Waals surface area contributed by atoms with E-state index >= 15 is 0 Å². The molecule has 0 heterocycles. The van der Waals surface area contributed by atoms with E-state index in [1.807, 2.05) is 19.1 Å². The van der Waals surface area contributed by atoms with Gasteiger partial charge in [0, 0.05) is 12.1 Å². The van der Waals surface area contributed by atoms with Crippen molar-refractivity contribution in [3.63, 3.8) is 0 Å². The Bertz CT molecular complexity index is 453. The van der Waals surface area contributed by atoms with Crippen LogP contribution in [0.15, 0.2) is 18.2 Å². The smallest absolute Gasteiger partial charge is 0.251 e. The second-order valence-electron chi connectivity index (χ2n) is 5.72. The van der Waals surface area contributed by atoms with Gasteiger partial charge in [0.2, 0.25) is 0 Å². The maximum atomic E-state index is 12.1. The Hall–Kier alpha value is -1.55. The van der Waals surface area contributed by atoms with Crippen molar-refractivity contribution in [2.75, 3.05) is 12.0 Å². The van der Waals surface area contributed by atoms with E-state index in [0.29, 0.717) is 5.56 Å². The van der Waals surface area contributed by atoms with Gasteiger partial charge < -0.3 is 10.7 Å². The molecule has 4 nitrogen and oxygen atoms in total. The summed E-state index contributed by atoms with van der Waals surface area (Å²) in [4.78, 5) is 12.1. The first-order chi connectivity index (χ1) is 9.70. The van der Waals surface area contributed by atoms with Gasteiger partial charge in [0.25, 0.3) is 5.91 Å². The molecular weight excluding hydrogens is 250 g/mol. The molecular formula is C16H25N3O. The molecule has 1 aliphatic carbocycles. The van der Waals surface area contributed by atoms with Gasteiger partial charge in [-0.3, -0.25) is 10.6 Å². The molecule has 110 valence electrons. The molecule has 4 N–H and O–H groups in total. The number of carbonyl (C=O) groups excluding carboxylic acids is 1. The molecule has 1 saturated carbocycles. The van der Waals surface area contributed by atoms with Crippen molar-refractivity contribution < 1.29 is 4.79 Å². The average Bonchev–Trinajstić information content (AvgIpc) is 2.48. The molecule has 1 aromatic carbocycles. The van der Waals surface area contributed by atoms with Gasteiger partial charge in [0.05, 0.1) is 5.69 Å². The molecule has 0 saturated heterocycles. The van der Waals surface area contributed by atoms with Crippen LogP contribution in [-0.4, -0.2) is 12.5 Å². The number of hydrogen-bond donors (Lipinski definition) is 3.